The molecule has 1 saturated heterocycles. The summed E-state index contributed by atoms with van der Waals surface area (Å²) in [5, 5.41) is 20.9. The van der Waals surface area contributed by atoms with Gasteiger partial charge in [-0.2, -0.15) is 22.5 Å². The molecular formula is C20H17F3N10O5S2. The van der Waals surface area contributed by atoms with Crippen LogP contribution in [0, 0.1) is 0 Å². The van der Waals surface area contributed by atoms with Crippen molar-refractivity contribution in [2.45, 2.75) is 24.1 Å². The fourth-order valence-corrected chi connectivity index (χ4v) is 5.80. The van der Waals surface area contributed by atoms with Crippen molar-refractivity contribution in [3.05, 3.63) is 41.6 Å². The number of imidazole rings is 1. The molecule has 0 spiro atoms. The number of β-lactam (4-membered cyclic amide) rings is 1. The molecule has 2 atom stereocenters. The largest absolute Gasteiger partial charge is 0.543 e. The van der Waals surface area contributed by atoms with E-state index in [9.17, 15) is 32.7 Å². The van der Waals surface area contributed by atoms with Crippen molar-refractivity contribution < 1.29 is 42.1 Å². The van der Waals surface area contributed by atoms with Crippen LogP contribution in [0.2, 0.25) is 0 Å². The van der Waals surface area contributed by atoms with Gasteiger partial charge in [0, 0.05) is 28.9 Å². The summed E-state index contributed by atoms with van der Waals surface area (Å²) >= 11 is 1.83. The zero-order valence-corrected chi connectivity index (χ0v) is 21.5. The molecule has 0 saturated carbocycles. The summed E-state index contributed by atoms with van der Waals surface area (Å²) in [6.07, 6.45) is -1.43. The van der Waals surface area contributed by atoms with Crippen molar-refractivity contribution >= 4 is 63.4 Å². The third kappa shape index (κ3) is 5.21. The highest BCUT2D eigenvalue weighted by atomic mass is 32.2. The molecule has 5 rings (SSSR count). The van der Waals surface area contributed by atoms with Crippen LogP contribution in [0.25, 0.3) is 5.65 Å². The van der Waals surface area contributed by atoms with Crippen LogP contribution in [0.1, 0.15) is 5.82 Å². The quantitative estimate of drug-likeness (QED) is 0.112. The van der Waals surface area contributed by atoms with Gasteiger partial charge in [-0.05, 0) is 6.07 Å². The van der Waals surface area contributed by atoms with Gasteiger partial charge in [0.05, 0.1) is 11.7 Å². The summed E-state index contributed by atoms with van der Waals surface area (Å²) in [4.78, 5) is 47.0. The highest BCUT2D eigenvalue weighted by Crippen LogP contribution is 2.40. The van der Waals surface area contributed by atoms with Gasteiger partial charge in [-0.15, -0.1) is 11.8 Å². The Bertz CT molecular complexity index is 1590. The van der Waals surface area contributed by atoms with Crippen LogP contribution in [0.3, 0.4) is 0 Å². The van der Waals surface area contributed by atoms with E-state index in [2.05, 4.69) is 29.8 Å². The Morgan fingerprint density at radius 3 is 2.77 bits per heavy atom. The second-order valence-corrected chi connectivity index (χ2v) is 10.3. The van der Waals surface area contributed by atoms with Crippen LogP contribution < -0.4 is 26.5 Å². The number of carbonyl (C=O) groups excluding carboxylic acids is 3. The lowest BCUT2D eigenvalue weighted by molar-refractivity contribution is -0.662. The van der Waals surface area contributed by atoms with E-state index in [1.807, 2.05) is 0 Å². The molecule has 5 heterocycles. The number of amides is 2. The second-order valence-electron chi connectivity index (χ2n) is 8.37. The molecule has 20 heteroatoms. The maximum atomic E-state index is 13.0. The number of rotatable bonds is 8. The number of nitrogens with two attached hydrogens (primary N) is 2. The predicted molar refractivity (Wildman–Crippen MR) is 130 cm³/mol. The van der Waals surface area contributed by atoms with Crippen molar-refractivity contribution in [3.8, 4) is 0 Å². The van der Waals surface area contributed by atoms with Crippen LogP contribution in [-0.2, 0) is 25.8 Å². The number of thioether (sulfide) groups is 1. The average Bonchev–Trinajstić information content (AvgIpc) is 3.49. The van der Waals surface area contributed by atoms with Crippen molar-refractivity contribution in [2.75, 3.05) is 23.8 Å². The number of nitrogens with zero attached hydrogens (tertiary/aromatic N) is 7. The molecule has 2 amide bonds. The summed E-state index contributed by atoms with van der Waals surface area (Å²) in [7, 11) is 0. The van der Waals surface area contributed by atoms with Crippen molar-refractivity contribution in [2.24, 2.45) is 5.16 Å². The first-order valence-corrected chi connectivity index (χ1v) is 12.9. The van der Waals surface area contributed by atoms with Crippen LogP contribution in [0.15, 0.2) is 41.0 Å². The second kappa shape index (κ2) is 10.3. The van der Waals surface area contributed by atoms with Crippen LogP contribution in [0.5, 0.6) is 0 Å². The van der Waals surface area contributed by atoms with Gasteiger partial charge >= 0.3 is 11.8 Å². The number of halogens is 3. The average molecular weight is 599 g/mol. The number of anilines is 2. The van der Waals surface area contributed by atoms with E-state index in [1.165, 1.54) is 16.3 Å². The number of carbonyl (C=O) groups is 3. The number of hydrogen-bond acceptors (Lipinski definition) is 13. The highest BCUT2D eigenvalue weighted by Gasteiger charge is 2.53. The summed E-state index contributed by atoms with van der Waals surface area (Å²) in [5.41, 5.74) is 11.1. The molecule has 210 valence electrons. The molecule has 0 aliphatic carbocycles. The molecule has 1 fully saturated rings. The number of nitrogens with one attached hydrogen (secondary N) is 1. The molecule has 3 aromatic rings. The van der Waals surface area contributed by atoms with Crippen LogP contribution >= 0.6 is 23.3 Å². The number of nitrogen functional groups attached to an aromatic ring is 2. The first kappa shape index (κ1) is 27.1. The van der Waals surface area contributed by atoms with Gasteiger partial charge < -0.3 is 31.5 Å². The van der Waals surface area contributed by atoms with Gasteiger partial charge in [-0.25, -0.2) is 4.57 Å². The molecule has 0 unspecified atom stereocenters. The Kier molecular flexibility index (Phi) is 6.96. The van der Waals surface area contributed by atoms with E-state index in [4.69, 9.17) is 11.5 Å². The lowest BCUT2D eigenvalue weighted by atomic mass is 10.0. The molecule has 5 N–H and O–H groups in total. The van der Waals surface area contributed by atoms with Crippen LogP contribution in [-0.4, -0.2) is 77.3 Å². The molecule has 2 aliphatic rings. The third-order valence-corrected chi connectivity index (χ3v) is 7.57. The van der Waals surface area contributed by atoms with E-state index < -0.39 is 53.5 Å². The minimum atomic E-state index is -4.73. The normalized spacial score (nSPS) is 19.4. The van der Waals surface area contributed by atoms with Crippen molar-refractivity contribution in [3.63, 3.8) is 0 Å². The summed E-state index contributed by atoms with van der Waals surface area (Å²) in [6.45, 7) is -1.70. The van der Waals surface area contributed by atoms with E-state index in [1.54, 1.807) is 29.1 Å². The van der Waals surface area contributed by atoms with Gasteiger partial charge in [0.25, 0.3) is 11.8 Å². The Morgan fingerprint density at radius 1 is 1.32 bits per heavy atom. The predicted octanol–water partition coefficient (Wildman–Crippen LogP) is -1.98. The number of hydrogen-bond donors (Lipinski definition) is 3. The molecule has 2 aliphatic heterocycles. The van der Waals surface area contributed by atoms with E-state index in [0.717, 1.165) is 4.90 Å². The van der Waals surface area contributed by atoms with Gasteiger partial charge in [-0.3, -0.25) is 14.5 Å². The van der Waals surface area contributed by atoms with Crippen molar-refractivity contribution in [1.82, 2.24) is 29.2 Å². The maximum absolute atomic E-state index is 13.0. The Balaban J connectivity index is 1.35. The number of aromatic nitrogens is 5. The summed E-state index contributed by atoms with van der Waals surface area (Å²) in [6, 6.07) is 2.05. The number of carboxylic acid groups (broad SMARTS) is 1. The van der Waals surface area contributed by atoms with Gasteiger partial charge in [0.2, 0.25) is 18.1 Å². The SMILES string of the molecule is Nc1ccc2n(cc[n+]2CC2=C(C(=O)[O-])N3C(=O)[C@@H](NC(=O)/C(=N\OCC(F)(F)F)c4nsc(N)n4)[C@H]3SC2)n1. The number of alkyl halides is 3. The molecule has 15 nitrogen and oxygen atoms in total. The Hall–Kier alpha value is -4.46. The van der Waals surface area contributed by atoms with E-state index in [-0.39, 0.29) is 28.9 Å². The summed E-state index contributed by atoms with van der Waals surface area (Å²) in [5.74, 6) is -3.44. The third-order valence-electron chi connectivity index (χ3n) is 5.68. The monoisotopic (exact) mass is 598 g/mol. The fraction of sp³-hybridized carbons (Fsp3) is 0.300. The minimum absolute atomic E-state index is 0.0931. The maximum Gasteiger partial charge on any atom is 0.425 e. The first-order valence-electron chi connectivity index (χ1n) is 11.1. The number of fused-ring (bicyclic) bond motifs is 2. The smallest absolute Gasteiger partial charge is 0.425 e. The zero-order valence-electron chi connectivity index (χ0n) is 19.9. The van der Waals surface area contributed by atoms with Crippen molar-refractivity contribution in [1.29, 1.82) is 0 Å². The lowest BCUT2D eigenvalue weighted by Crippen LogP contribution is -2.71. The molecule has 0 bridgehead atoms. The number of oxime groups is 1. The van der Waals surface area contributed by atoms with Gasteiger partial charge in [-0.1, -0.05) is 14.8 Å². The molecule has 40 heavy (non-hydrogen) atoms. The standard InChI is InChI=1S/C20H17F3N10O5S2/c21-20(22,23)7-38-29-11(14-27-19(25)40-30-14)15(34)26-12-16(35)33-13(18(36)37)8(6-39-17(12)33)5-31-3-4-32-10(31)2-1-9(24)28-32/h1-4,12,17H,5-7H2,(H5-,24,25,26,27,28,30,34,36,37)/b29-11-/t12-,17-/m1/s1. The highest BCUT2D eigenvalue weighted by molar-refractivity contribution is 8.00. The molecule has 0 aromatic carbocycles. The fourth-order valence-electron chi connectivity index (χ4n) is 4.03. The molecular weight excluding hydrogens is 581 g/mol. The van der Waals surface area contributed by atoms with Gasteiger partial charge in [0.15, 0.2) is 17.1 Å². The summed E-state index contributed by atoms with van der Waals surface area (Å²) < 4.78 is 44.5. The van der Waals surface area contributed by atoms with Crippen LogP contribution in [0.4, 0.5) is 24.1 Å². The van der Waals surface area contributed by atoms with E-state index in [0.29, 0.717) is 22.8 Å². The Labute approximate surface area is 229 Å². The topological polar surface area (TPSA) is 210 Å². The molecule has 3 aromatic heterocycles. The lowest BCUT2D eigenvalue weighted by Gasteiger charge is -2.50. The minimum Gasteiger partial charge on any atom is -0.543 e. The van der Waals surface area contributed by atoms with Gasteiger partial charge in [0.1, 0.15) is 24.2 Å². The Morgan fingerprint density at radius 2 is 2.10 bits per heavy atom. The molecule has 0 radical (unpaired) electrons. The van der Waals surface area contributed by atoms with E-state index >= 15 is 0 Å². The number of aliphatic carboxylic acids is 1. The number of carboxylic acids is 1. The zero-order chi connectivity index (χ0) is 28.8. The first-order chi connectivity index (χ1) is 18.9.